The Bertz CT molecular complexity index is 652. The lowest BCUT2D eigenvalue weighted by Crippen LogP contribution is -2.45. The fourth-order valence-electron chi connectivity index (χ4n) is 2.72. The number of guanidine groups is 1. The third-order valence-electron chi connectivity index (χ3n) is 4.22. The van der Waals surface area contributed by atoms with Gasteiger partial charge in [0.15, 0.2) is 5.96 Å². The molecule has 146 valence electrons. The molecule has 0 saturated heterocycles. The van der Waals surface area contributed by atoms with Crippen molar-refractivity contribution in [2.75, 3.05) is 33.7 Å². The van der Waals surface area contributed by atoms with Gasteiger partial charge in [0.25, 0.3) is 0 Å². The van der Waals surface area contributed by atoms with E-state index in [1.807, 2.05) is 4.90 Å². The Morgan fingerprint density at radius 2 is 2.08 bits per heavy atom. The Hall–Kier alpha value is -1.45. The van der Waals surface area contributed by atoms with Gasteiger partial charge in [0.05, 0.1) is 0 Å². The van der Waals surface area contributed by atoms with Gasteiger partial charge < -0.3 is 15.1 Å². The van der Waals surface area contributed by atoms with Gasteiger partial charge >= 0.3 is 0 Å². The highest BCUT2D eigenvalue weighted by atomic mass is 127. The summed E-state index contributed by atoms with van der Waals surface area (Å²) in [5.74, 6) is -0.545. The topological polar surface area (TPSA) is 47.9 Å². The van der Waals surface area contributed by atoms with Gasteiger partial charge in [0, 0.05) is 39.8 Å². The molecule has 1 aliphatic rings. The SMILES string of the molecule is CCCCNC(=NCC(=O)N(C)C)N1CCc2c(F)cc(F)cc2C1.I. The molecule has 1 aromatic carbocycles. The van der Waals surface area contributed by atoms with Gasteiger partial charge in [-0.2, -0.15) is 0 Å². The standard InChI is InChI=1S/C18H26F2N4O.HI/c1-4-5-7-21-18(22-11-17(25)23(2)3)24-8-6-15-13(12-24)9-14(19)10-16(15)20;/h9-10H,4-8,11-12H2,1-3H3,(H,21,22);1H. The van der Waals surface area contributed by atoms with Crippen molar-refractivity contribution in [3.05, 3.63) is 34.9 Å². The molecular formula is C18H27F2IN4O. The maximum Gasteiger partial charge on any atom is 0.243 e. The van der Waals surface area contributed by atoms with Crippen molar-refractivity contribution >= 4 is 35.8 Å². The van der Waals surface area contributed by atoms with Gasteiger partial charge in [-0.1, -0.05) is 13.3 Å². The zero-order chi connectivity index (χ0) is 18.4. The molecule has 5 nitrogen and oxygen atoms in total. The summed E-state index contributed by atoms with van der Waals surface area (Å²) in [5.41, 5.74) is 1.20. The molecule has 1 aliphatic heterocycles. The monoisotopic (exact) mass is 480 g/mol. The maximum atomic E-state index is 13.9. The average molecular weight is 480 g/mol. The Morgan fingerprint density at radius 1 is 1.35 bits per heavy atom. The molecule has 0 saturated carbocycles. The fourth-order valence-corrected chi connectivity index (χ4v) is 2.72. The maximum absolute atomic E-state index is 13.9. The van der Waals surface area contributed by atoms with Gasteiger partial charge in [-0.15, -0.1) is 24.0 Å². The smallest absolute Gasteiger partial charge is 0.243 e. The minimum atomic E-state index is -0.571. The molecule has 1 amide bonds. The number of rotatable bonds is 5. The third kappa shape index (κ3) is 6.07. The summed E-state index contributed by atoms with van der Waals surface area (Å²) in [5, 5.41) is 3.26. The number of fused-ring (bicyclic) bond motifs is 1. The molecule has 1 aromatic rings. The molecule has 26 heavy (non-hydrogen) atoms. The van der Waals surface area contributed by atoms with Crippen LogP contribution in [0.1, 0.15) is 30.9 Å². The van der Waals surface area contributed by atoms with Crippen LogP contribution in [0.3, 0.4) is 0 Å². The van der Waals surface area contributed by atoms with E-state index in [9.17, 15) is 13.6 Å². The Kier molecular flexibility index (Phi) is 9.24. The van der Waals surface area contributed by atoms with Gasteiger partial charge in [0.1, 0.15) is 18.2 Å². The quantitative estimate of drug-likeness (QED) is 0.305. The lowest BCUT2D eigenvalue weighted by Gasteiger charge is -2.32. The summed E-state index contributed by atoms with van der Waals surface area (Å²) in [7, 11) is 3.37. The summed E-state index contributed by atoms with van der Waals surface area (Å²) in [6, 6.07) is 2.30. The van der Waals surface area contributed by atoms with Gasteiger partial charge in [0.2, 0.25) is 5.91 Å². The highest BCUT2D eigenvalue weighted by Crippen LogP contribution is 2.23. The van der Waals surface area contributed by atoms with Crippen molar-refractivity contribution in [2.24, 2.45) is 4.99 Å². The second-order valence-electron chi connectivity index (χ2n) is 6.41. The van der Waals surface area contributed by atoms with E-state index in [-0.39, 0.29) is 36.4 Å². The number of hydrogen-bond donors (Lipinski definition) is 1. The molecule has 0 radical (unpaired) electrons. The van der Waals surface area contributed by atoms with Crippen LogP contribution in [0.25, 0.3) is 0 Å². The highest BCUT2D eigenvalue weighted by Gasteiger charge is 2.22. The normalized spacial score (nSPS) is 13.7. The fraction of sp³-hybridized carbons (Fsp3) is 0.556. The predicted octanol–water partition coefficient (Wildman–Crippen LogP) is 2.77. The minimum Gasteiger partial charge on any atom is -0.356 e. The first-order chi connectivity index (χ1) is 11.9. The second-order valence-corrected chi connectivity index (χ2v) is 6.41. The molecule has 2 rings (SSSR count). The minimum absolute atomic E-state index is 0. The first kappa shape index (κ1) is 22.6. The number of halogens is 3. The summed E-state index contributed by atoms with van der Waals surface area (Å²) >= 11 is 0. The second kappa shape index (κ2) is 10.6. The van der Waals surface area contributed by atoms with Crippen molar-refractivity contribution in [3.8, 4) is 0 Å². The highest BCUT2D eigenvalue weighted by molar-refractivity contribution is 14.0. The van der Waals surface area contributed by atoms with Crippen molar-refractivity contribution < 1.29 is 13.6 Å². The van der Waals surface area contributed by atoms with E-state index < -0.39 is 11.6 Å². The van der Waals surface area contributed by atoms with Gasteiger partial charge in [-0.25, -0.2) is 13.8 Å². The number of aliphatic imine (C=N–C) groups is 1. The number of unbranched alkanes of at least 4 members (excludes halogenated alkanes) is 1. The molecule has 0 spiro atoms. The van der Waals surface area contributed by atoms with E-state index in [4.69, 9.17) is 0 Å². The first-order valence-electron chi connectivity index (χ1n) is 8.62. The number of hydrogen-bond acceptors (Lipinski definition) is 2. The van der Waals surface area contributed by atoms with Crippen LogP contribution < -0.4 is 5.32 Å². The molecule has 0 fully saturated rings. The summed E-state index contributed by atoms with van der Waals surface area (Å²) in [6.45, 7) is 3.83. The molecule has 0 bridgehead atoms. The van der Waals surface area contributed by atoms with E-state index in [2.05, 4.69) is 17.2 Å². The van der Waals surface area contributed by atoms with Crippen molar-refractivity contribution in [1.29, 1.82) is 0 Å². The number of benzene rings is 1. The lowest BCUT2D eigenvalue weighted by atomic mass is 9.99. The van der Waals surface area contributed by atoms with Crippen LogP contribution in [-0.2, 0) is 17.8 Å². The molecular weight excluding hydrogens is 453 g/mol. The molecule has 8 heteroatoms. The summed E-state index contributed by atoms with van der Waals surface area (Å²) < 4.78 is 27.4. The molecule has 0 aliphatic carbocycles. The number of nitrogens with zero attached hydrogens (tertiary/aromatic N) is 3. The van der Waals surface area contributed by atoms with Crippen LogP contribution in [-0.4, -0.2) is 55.4 Å². The number of nitrogens with one attached hydrogen (secondary N) is 1. The number of likely N-dealkylation sites (N-methyl/N-ethyl adjacent to an activating group) is 1. The zero-order valence-electron chi connectivity index (χ0n) is 15.5. The van der Waals surface area contributed by atoms with E-state index in [1.54, 1.807) is 14.1 Å². The molecule has 0 aromatic heterocycles. The lowest BCUT2D eigenvalue weighted by molar-refractivity contribution is -0.127. The van der Waals surface area contributed by atoms with E-state index >= 15 is 0 Å². The molecule has 1 N–H and O–H groups in total. The Balaban J connectivity index is 0.00000338. The molecule has 0 atom stereocenters. The third-order valence-corrected chi connectivity index (χ3v) is 4.22. The van der Waals surface area contributed by atoms with Crippen LogP contribution >= 0.6 is 24.0 Å². The van der Waals surface area contributed by atoms with Crippen molar-refractivity contribution in [2.45, 2.75) is 32.7 Å². The zero-order valence-corrected chi connectivity index (χ0v) is 17.8. The van der Waals surface area contributed by atoms with Crippen molar-refractivity contribution in [1.82, 2.24) is 15.1 Å². The number of carbonyl (C=O) groups is 1. The van der Waals surface area contributed by atoms with Crippen LogP contribution in [0, 0.1) is 11.6 Å². The molecule has 0 unspecified atom stereocenters. The van der Waals surface area contributed by atoms with E-state index in [0.717, 1.165) is 25.5 Å². The van der Waals surface area contributed by atoms with Gasteiger partial charge in [-0.05, 0) is 30.0 Å². The van der Waals surface area contributed by atoms with Crippen LogP contribution in [0.15, 0.2) is 17.1 Å². The largest absolute Gasteiger partial charge is 0.356 e. The van der Waals surface area contributed by atoms with E-state index in [0.29, 0.717) is 36.6 Å². The first-order valence-corrected chi connectivity index (χ1v) is 8.62. The number of amides is 1. The number of carbonyl (C=O) groups excluding carboxylic acids is 1. The predicted molar refractivity (Wildman–Crippen MR) is 110 cm³/mol. The van der Waals surface area contributed by atoms with Crippen LogP contribution in [0.4, 0.5) is 8.78 Å². The summed E-state index contributed by atoms with van der Waals surface area (Å²) in [6.07, 6.45) is 2.50. The Morgan fingerprint density at radius 3 is 2.73 bits per heavy atom. The van der Waals surface area contributed by atoms with Gasteiger partial charge in [-0.3, -0.25) is 4.79 Å². The average Bonchev–Trinajstić information content (AvgIpc) is 2.56. The Labute approximate surface area is 170 Å². The summed E-state index contributed by atoms with van der Waals surface area (Å²) in [4.78, 5) is 19.7. The van der Waals surface area contributed by atoms with Crippen molar-refractivity contribution in [3.63, 3.8) is 0 Å². The van der Waals surface area contributed by atoms with Crippen LogP contribution in [0.2, 0.25) is 0 Å². The van der Waals surface area contributed by atoms with E-state index in [1.165, 1.54) is 11.0 Å². The molecule has 1 heterocycles. The van der Waals surface area contributed by atoms with Crippen LogP contribution in [0.5, 0.6) is 0 Å².